The zero-order chi connectivity index (χ0) is 49.2. The van der Waals surface area contributed by atoms with Crippen molar-refractivity contribution >= 4 is 11.9 Å². The summed E-state index contributed by atoms with van der Waals surface area (Å²) in [6.45, 7) is 7.53. The first-order valence-corrected chi connectivity index (χ1v) is 28.4. The van der Waals surface area contributed by atoms with Crippen LogP contribution < -0.4 is 0 Å². The van der Waals surface area contributed by atoms with Crippen molar-refractivity contribution < 1.29 is 23.8 Å². The number of hydrogen-bond acceptors (Lipinski definition) is 5. The maximum atomic E-state index is 12.9. The van der Waals surface area contributed by atoms with E-state index in [9.17, 15) is 9.59 Å². The van der Waals surface area contributed by atoms with Gasteiger partial charge in [0, 0.05) is 19.4 Å². The molecule has 0 rings (SSSR count). The van der Waals surface area contributed by atoms with Crippen LogP contribution in [0.3, 0.4) is 0 Å². The van der Waals surface area contributed by atoms with Gasteiger partial charge in [-0.2, -0.15) is 0 Å². The first-order valence-electron chi connectivity index (χ1n) is 28.4. The maximum Gasteiger partial charge on any atom is 0.306 e. The van der Waals surface area contributed by atoms with Crippen LogP contribution in [0.1, 0.15) is 252 Å². The second-order valence-corrected chi connectivity index (χ2v) is 18.4. The summed E-state index contributed by atoms with van der Waals surface area (Å²) < 4.78 is 17.4. The van der Waals surface area contributed by atoms with Crippen LogP contribution >= 0.6 is 0 Å². The summed E-state index contributed by atoms with van der Waals surface area (Å²) in [5.74, 6) is -0.437. The SMILES string of the molecule is CC/C=C\C/C=C\C/C=C\C/C=C\C/C=C\CCCCCCOCC(COC(=O)CCCCCC/C=C\C/C=C\C/C=C\C/C=C\CC)OC(=O)CCCCCCCCCCCCCCCCC. The zero-order valence-electron chi connectivity index (χ0n) is 44.6. The van der Waals surface area contributed by atoms with Crippen LogP contribution in [0, 0.1) is 0 Å². The highest BCUT2D eigenvalue weighted by atomic mass is 16.6. The molecule has 0 aliphatic rings. The largest absolute Gasteiger partial charge is 0.462 e. The number of rotatable bonds is 51. The summed E-state index contributed by atoms with van der Waals surface area (Å²) in [7, 11) is 0. The molecular formula is C63H106O5. The van der Waals surface area contributed by atoms with Gasteiger partial charge in [0.05, 0.1) is 6.61 Å². The van der Waals surface area contributed by atoms with E-state index in [2.05, 4.69) is 130 Å². The Morgan fingerprint density at radius 3 is 1.06 bits per heavy atom. The lowest BCUT2D eigenvalue weighted by Crippen LogP contribution is -2.30. The van der Waals surface area contributed by atoms with E-state index in [1.165, 1.54) is 89.9 Å². The van der Waals surface area contributed by atoms with Crippen molar-refractivity contribution in [1.29, 1.82) is 0 Å². The van der Waals surface area contributed by atoms with Crippen LogP contribution in [-0.4, -0.2) is 37.9 Å². The van der Waals surface area contributed by atoms with Crippen molar-refractivity contribution in [3.05, 3.63) is 109 Å². The van der Waals surface area contributed by atoms with Crippen LogP contribution in [-0.2, 0) is 23.8 Å². The quantitative estimate of drug-likeness (QED) is 0.0345. The second kappa shape index (κ2) is 57.9. The highest BCUT2D eigenvalue weighted by Crippen LogP contribution is 2.15. The molecule has 0 N–H and O–H groups in total. The highest BCUT2D eigenvalue weighted by Gasteiger charge is 2.17. The van der Waals surface area contributed by atoms with Gasteiger partial charge in [0.1, 0.15) is 6.61 Å². The lowest BCUT2D eigenvalue weighted by molar-refractivity contribution is -0.163. The third-order valence-corrected chi connectivity index (χ3v) is 11.8. The predicted octanol–water partition coefficient (Wildman–Crippen LogP) is 19.6. The topological polar surface area (TPSA) is 61.8 Å². The molecule has 0 bridgehead atoms. The first kappa shape index (κ1) is 64.6. The summed E-state index contributed by atoms with van der Waals surface area (Å²) in [5, 5.41) is 0. The van der Waals surface area contributed by atoms with E-state index in [0.29, 0.717) is 19.4 Å². The molecule has 0 spiro atoms. The van der Waals surface area contributed by atoms with Gasteiger partial charge in [-0.3, -0.25) is 9.59 Å². The molecule has 68 heavy (non-hydrogen) atoms. The molecular weight excluding hydrogens is 837 g/mol. The minimum Gasteiger partial charge on any atom is -0.462 e. The number of carbonyl (C=O) groups excluding carboxylic acids is 2. The standard InChI is InChI=1S/C63H106O5/c1-4-7-10-13-16-19-22-25-28-30-31-32-34-37-40-43-46-49-52-55-58-66-59-61(68-63(65)57-54-51-48-45-42-39-35-27-24-21-18-15-12-9-6-3)60-67-62(64)56-53-50-47-44-41-38-36-33-29-26-23-20-17-14-11-8-5-2/h7-8,10-11,16-17,19-20,25-26,28-29,31-32,36-38,40,61H,4-6,9,12-15,18,21-24,27,30,33-35,39,41-60H2,1-3H3/b10-7-,11-8-,19-16-,20-17-,28-25-,29-26-,32-31-,38-36-,40-37-. The van der Waals surface area contributed by atoms with Crippen molar-refractivity contribution in [3.8, 4) is 0 Å². The average Bonchev–Trinajstić information content (AvgIpc) is 3.34. The van der Waals surface area contributed by atoms with Gasteiger partial charge >= 0.3 is 11.9 Å². The monoisotopic (exact) mass is 943 g/mol. The molecule has 0 aliphatic carbocycles. The van der Waals surface area contributed by atoms with Gasteiger partial charge in [0.15, 0.2) is 6.10 Å². The van der Waals surface area contributed by atoms with E-state index >= 15 is 0 Å². The Morgan fingerprint density at radius 2 is 0.662 bits per heavy atom. The summed E-state index contributed by atoms with van der Waals surface area (Å²) in [6.07, 6.45) is 79.6. The molecule has 0 aliphatic heterocycles. The number of ether oxygens (including phenoxy) is 3. The van der Waals surface area contributed by atoms with Crippen LogP contribution in [0.5, 0.6) is 0 Å². The number of allylic oxidation sites excluding steroid dienone is 18. The molecule has 5 heteroatoms. The van der Waals surface area contributed by atoms with E-state index in [1.54, 1.807) is 0 Å². The molecule has 0 aromatic rings. The molecule has 0 saturated heterocycles. The molecule has 0 amide bonds. The van der Waals surface area contributed by atoms with E-state index in [0.717, 1.165) is 128 Å². The van der Waals surface area contributed by atoms with E-state index < -0.39 is 6.10 Å². The summed E-state index contributed by atoms with van der Waals surface area (Å²) >= 11 is 0. The smallest absolute Gasteiger partial charge is 0.306 e. The van der Waals surface area contributed by atoms with Crippen molar-refractivity contribution in [1.82, 2.24) is 0 Å². The van der Waals surface area contributed by atoms with Crippen LogP contribution in [0.4, 0.5) is 0 Å². The molecule has 0 saturated carbocycles. The van der Waals surface area contributed by atoms with Gasteiger partial charge in [-0.15, -0.1) is 0 Å². The Bertz CT molecular complexity index is 1340. The second-order valence-electron chi connectivity index (χ2n) is 18.4. The average molecular weight is 944 g/mol. The minimum absolute atomic E-state index is 0.0580. The molecule has 5 nitrogen and oxygen atoms in total. The number of hydrogen-bond donors (Lipinski definition) is 0. The van der Waals surface area contributed by atoms with Gasteiger partial charge in [-0.05, 0) is 103 Å². The molecule has 388 valence electrons. The van der Waals surface area contributed by atoms with Gasteiger partial charge in [0.25, 0.3) is 0 Å². The number of esters is 2. The Hall–Kier alpha value is -3.44. The molecule has 0 radical (unpaired) electrons. The van der Waals surface area contributed by atoms with Gasteiger partial charge in [-0.1, -0.05) is 246 Å². The third-order valence-electron chi connectivity index (χ3n) is 11.8. The fourth-order valence-corrected chi connectivity index (χ4v) is 7.65. The van der Waals surface area contributed by atoms with Gasteiger partial charge < -0.3 is 14.2 Å². The summed E-state index contributed by atoms with van der Waals surface area (Å²) in [4.78, 5) is 25.5. The van der Waals surface area contributed by atoms with Crippen LogP contribution in [0.15, 0.2) is 109 Å². The Morgan fingerprint density at radius 1 is 0.338 bits per heavy atom. The molecule has 0 fully saturated rings. The molecule has 1 unspecified atom stereocenters. The fourth-order valence-electron chi connectivity index (χ4n) is 7.65. The Kier molecular flexibility index (Phi) is 54.9. The maximum absolute atomic E-state index is 12.9. The third kappa shape index (κ3) is 55.2. The summed E-state index contributed by atoms with van der Waals surface area (Å²) in [5.41, 5.74) is 0. The molecule has 0 heterocycles. The van der Waals surface area contributed by atoms with Crippen molar-refractivity contribution in [2.24, 2.45) is 0 Å². The minimum atomic E-state index is -0.566. The van der Waals surface area contributed by atoms with Crippen molar-refractivity contribution in [2.45, 2.75) is 258 Å². The molecule has 1 atom stereocenters. The van der Waals surface area contributed by atoms with Gasteiger partial charge in [-0.25, -0.2) is 0 Å². The van der Waals surface area contributed by atoms with Crippen molar-refractivity contribution in [2.75, 3.05) is 19.8 Å². The number of unbranched alkanes of at least 4 members (excludes halogenated alkanes) is 22. The normalized spacial score (nSPS) is 13.0. The fraction of sp³-hybridized carbons (Fsp3) is 0.683. The van der Waals surface area contributed by atoms with E-state index in [-0.39, 0.29) is 25.2 Å². The molecule has 0 aromatic carbocycles. The lowest BCUT2D eigenvalue weighted by atomic mass is 10.0. The van der Waals surface area contributed by atoms with E-state index in [1.807, 2.05) is 0 Å². The van der Waals surface area contributed by atoms with Crippen LogP contribution in [0.2, 0.25) is 0 Å². The predicted molar refractivity (Wildman–Crippen MR) is 297 cm³/mol. The number of carbonyl (C=O) groups is 2. The zero-order valence-corrected chi connectivity index (χ0v) is 44.6. The first-order chi connectivity index (χ1) is 33.6. The van der Waals surface area contributed by atoms with Gasteiger partial charge in [0.2, 0.25) is 0 Å². The van der Waals surface area contributed by atoms with Crippen molar-refractivity contribution in [3.63, 3.8) is 0 Å². The highest BCUT2D eigenvalue weighted by molar-refractivity contribution is 5.70. The molecule has 0 aromatic heterocycles. The summed E-state index contributed by atoms with van der Waals surface area (Å²) in [6, 6.07) is 0. The van der Waals surface area contributed by atoms with E-state index in [4.69, 9.17) is 14.2 Å². The Labute approximate surface area is 421 Å². The lowest BCUT2D eigenvalue weighted by Gasteiger charge is -2.18. The van der Waals surface area contributed by atoms with Crippen LogP contribution in [0.25, 0.3) is 0 Å². The Balaban J connectivity index is 4.38.